The van der Waals surface area contributed by atoms with Crippen molar-refractivity contribution in [1.29, 1.82) is 0 Å². The van der Waals surface area contributed by atoms with E-state index in [0.717, 1.165) is 0 Å². The van der Waals surface area contributed by atoms with Crippen LogP contribution in [0.25, 0.3) is 5.76 Å². The van der Waals surface area contributed by atoms with Crippen molar-refractivity contribution in [3.05, 3.63) is 117 Å². The van der Waals surface area contributed by atoms with Crippen LogP contribution in [0.1, 0.15) is 35.1 Å². The molecule has 1 aliphatic rings. The van der Waals surface area contributed by atoms with Gasteiger partial charge in [0, 0.05) is 30.2 Å². The van der Waals surface area contributed by atoms with Crippen LogP contribution in [-0.4, -0.2) is 44.2 Å². The number of carboxylic acid groups (broad SMARTS) is 1. The number of amides is 1. The molecule has 1 saturated heterocycles. The third-order valence-corrected chi connectivity index (χ3v) is 6.12. The molecule has 36 heavy (non-hydrogen) atoms. The lowest BCUT2D eigenvalue weighted by Crippen LogP contribution is -2.34. The van der Waals surface area contributed by atoms with E-state index in [2.05, 4.69) is 0 Å². The number of nitro groups is 1. The molecule has 3 aromatic carbocycles. The highest BCUT2D eigenvalue weighted by Gasteiger charge is 2.47. The van der Waals surface area contributed by atoms with Crippen LogP contribution in [0.2, 0.25) is 0 Å². The zero-order chi connectivity index (χ0) is 25.8. The van der Waals surface area contributed by atoms with Gasteiger partial charge in [0.2, 0.25) is 0 Å². The van der Waals surface area contributed by atoms with Crippen LogP contribution in [0.5, 0.6) is 0 Å². The fraction of sp³-hybridized carbons (Fsp3) is 0.148. The first kappa shape index (κ1) is 24.3. The van der Waals surface area contributed by atoms with Gasteiger partial charge < -0.3 is 15.1 Å². The fourth-order valence-electron chi connectivity index (χ4n) is 4.41. The maximum Gasteiger partial charge on any atom is 0.304 e. The summed E-state index contributed by atoms with van der Waals surface area (Å²) >= 11 is 0. The molecule has 182 valence electrons. The van der Waals surface area contributed by atoms with E-state index >= 15 is 0 Å². The number of nitrogens with zero attached hydrogens (tertiary/aromatic N) is 2. The van der Waals surface area contributed by atoms with Gasteiger partial charge in [-0.05, 0) is 23.3 Å². The van der Waals surface area contributed by atoms with Gasteiger partial charge >= 0.3 is 5.97 Å². The number of carboxylic acids is 1. The Hall–Kier alpha value is -4.79. The second kappa shape index (κ2) is 10.2. The SMILES string of the molecule is O=C(O)CC(CN1C(=O)C(=O)C(=C(O)c2ccccc2)C1c1ccc([N+](=O)[O-])cc1)c1ccccc1. The van der Waals surface area contributed by atoms with Gasteiger partial charge in [0.05, 0.1) is 23.0 Å². The number of carbonyl (C=O) groups is 3. The Kier molecular flexibility index (Phi) is 6.91. The lowest BCUT2D eigenvalue weighted by atomic mass is 9.92. The minimum atomic E-state index is -1.07. The van der Waals surface area contributed by atoms with Crippen LogP contribution in [0.15, 0.2) is 90.5 Å². The van der Waals surface area contributed by atoms with E-state index in [1.165, 1.54) is 29.2 Å². The molecule has 0 saturated carbocycles. The van der Waals surface area contributed by atoms with Crippen LogP contribution in [-0.2, 0) is 14.4 Å². The maximum absolute atomic E-state index is 13.2. The Morgan fingerprint density at radius 1 is 0.917 bits per heavy atom. The molecule has 0 radical (unpaired) electrons. The van der Waals surface area contributed by atoms with Crippen LogP contribution in [0.4, 0.5) is 5.69 Å². The van der Waals surface area contributed by atoms with Crippen molar-refractivity contribution in [1.82, 2.24) is 4.90 Å². The van der Waals surface area contributed by atoms with Crippen molar-refractivity contribution in [3.63, 3.8) is 0 Å². The molecule has 4 rings (SSSR count). The zero-order valence-electron chi connectivity index (χ0n) is 19.0. The monoisotopic (exact) mass is 486 g/mol. The highest BCUT2D eigenvalue weighted by atomic mass is 16.6. The van der Waals surface area contributed by atoms with Crippen LogP contribution in [0.3, 0.4) is 0 Å². The summed E-state index contributed by atoms with van der Waals surface area (Å²) in [5.74, 6) is -3.89. The number of benzene rings is 3. The largest absolute Gasteiger partial charge is 0.507 e. The predicted octanol–water partition coefficient (Wildman–Crippen LogP) is 4.28. The van der Waals surface area contributed by atoms with Crippen molar-refractivity contribution < 1.29 is 29.5 Å². The van der Waals surface area contributed by atoms with E-state index in [1.807, 2.05) is 0 Å². The summed E-state index contributed by atoms with van der Waals surface area (Å²) in [6.45, 7) is -0.117. The van der Waals surface area contributed by atoms with Gasteiger partial charge in [0.1, 0.15) is 5.76 Å². The van der Waals surface area contributed by atoms with E-state index in [9.17, 15) is 34.7 Å². The Labute approximate surface area is 206 Å². The molecular weight excluding hydrogens is 464 g/mol. The minimum absolute atomic E-state index is 0.117. The topological polar surface area (TPSA) is 138 Å². The lowest BCUT2D eigenvalue weighted by molar-refractivity contribution is -0.384. The molecule has 0 bridgehead atoms. The molecule has 1 heterocycles. The van der Waals surface area contributed by atoms with E-state index in [4.69, 9.17) is 0 Å². The van der Waals surface area contributed by atoms with Gasteiger partial charge in [-0.2, -0.15) is 0 Å². The van der Waals surface area contributed by atoms with Gasteiger partial charge in [0.15, 0.2) is 0 Å². The maximum atomic E-state index is 13.2. The number of non-ortho nitro benzene ring substituents is 1. The van der Waals surface area contributed by atoms with E-state index in [-0.39, 0.29) is 30.0 Å². The average Bonchev–Trinajstić information content (AvgIpc) is 3.13. The molecule has 0 aliphatic carbocycles. The third-order valence-electron chi connectivity index (χ3n) is 6.12. The van der Waals surface area contributed by atoms with Gasteiger partial charge in [-0.25, -0.2) is 0 Å². The number of nitro benzene ring substituents is 1. The summed E-state index contributed by atoms with van der Waals surface area (Å²) in [7, 11) is 0. The highest BCUT2D eigenvalue weighted by molar-refractivity contribution is 6.46. The molecular formula is C27H22N2O7. The quantitative estimate of drug-likeness (QED) is 0.159. The number of Topliss-reactive ketones (excluding diaryl/α,β-unsaturated/α-hetero) is 1. The number of carbonyl (C=O) groups excluding carboxylic acids is 2. The first-order valence-electron chi connectivity index (χ1n) is 11.1. The van der Waals surface area contributed by atoms with Crippen molar-refractivity contribution in [2.45, 2.75) is 18.4 Å². The normalized spacial score (nSPS) is 17.7. The summed E-state index contributed by atoms with van der Waals surface area (Å²) < 4.78 is 0. The summed E-state index contributed by atoms with van der Waals surface area (Å²) in [5.41, 5.74) is 1.04. The smallest absolute Gasteiger partial charge is 0.304 e. The summed E-state index contributed by atoms with van der Waals surface area (Å²) in [6, 6.07) is 21.3. The van der Waals surface area contributed by atoms with Gasteiger partial charge in [0.25, 0.3) is 17.4 Å². The minimum Gasteiger partial charge on any atom is -0.507 e. The number of hydrogen-bond acceptors (Lipinski definition) is 6. The molecule has 2 N–H and O–H groups in total. The predicted molar refractivity (Wildman–Crippen MR) is 130 cm³/mol. The number of aliphatic carboxylic acids is 1. The van der Waals surface area contributed by atoms with Crippen molar-refractivity contribution in [2.75, 3.05) is 6.54 Å². The van der Waals surface area contributed by atoms with Gasteiger partial charge in [-0.15, -0.1) is 0 Å². The molecule has 2 unspecified atom stereocenters. The molecule has 1 aliphatic heterocycles. The highest BCUT2D eigenvalue weighted by Crippen LogP contribution is 2.41. The molecule has 3 aromatic rings. The molecule has 1 fully saturated rings. The second-order valence-corrected chi connectivity index (χ2v) is 8.37. The third kappa shape index (κ3) is 4.85. The standard InChI is InChI=1S/C27H22N2O7/c30-22(31)15-20(17-7-3-1-4-8-17)16-28-24(18-11-13-21(14-12-18)29(35)36)23(26(33)27(28)34)25(32)19-9-5-2-6-10-19/h1-14,20,24,32H,15-16H2,(H,30,31). The van der Waals surface area contributed by atoms with E-state index in [1.54, 1.807) is 60.7 Å². The van der Waals surface area contributed by atoms with Crippen molar-refractivity contribution >= 4 is 29.1 Å². The van der Waals surface area contributed by atoms with E-state index in [0.29, 0.717) is 16.7 Å². The number of aliphatic hydroxyl groups is 1. The van der Waals surface area contributed by atoms with Crippen molar-refractivity contribution in [2.24, 2.45) is 0 Å². The number of aliphatic hydroxyl groups excluding tert-OH is 1. The summed E-state index contributed by atoms with van der Waals surface area (Å²) in [5, 5.41) is 31.7. The Bertz CT molecular complexity index is 1340. The Morgan fingerprint density at radius 2 is 1.50 bits per heavy atom. The fourth-order valence-corrected chi connectivity index (χ4v) is 4.41. The first-order valence-corrected chi connectivity index (χ1v) is 11.1. The van der Waals surface area contributed by atoms with E-state index < -0.39 is 34.5 Å². The lowest BCUT2D eigenvalue weighted by Gasteiger charge is -2.29. The molecule has 2 atom stereocenters. The molecule has 0 spiro atoms. The number of ketones is 1. The molecule has 9 nitrogen and oxygen atoms in total. The molecule has 9 heteroatoms. The zero-order valence-corrected chi connectivity index (χ0v) is 19.0. The van der Waals surface area contributed by atoms with Crippen LogP contribution >= 0.6 is 0 Å². The number of rotatable bonds is 8. The number of hydrogen-bond donors (Lipinski definition) is 2. The van der Waals surface area contributed by atoms with Crippen LogP contribution in [0, 0.1) is 10.1 Å². The average molecular weight is 486 g/mol. The van der Waals surface area contributed by atoms with Crippen LogP contribution < -0.4 is 0 Å². The van der Waals surface area contributed by atoms with Gasteiger partial charge in [-0.3, -0.25) is 24.5 Å². The summed E-state index contributed by atoms with van der Waals surface area (Å²) in [6.07, 6.45) is -0.293. The first-order chi connectivity index (χ1) is 17.3. The van der Waals surface area contributed by atoms with Gasteiger partial charge in [-0.1, -0.05) is 60.7 Å². The summed E-state index contributed by atoms with van der Waals surface area (Å²) in [4.78, 5) is 49.9. The Balaban J connectivity index is 1.84. The molecule has 0 aromatic heterocycles. The Morgan fingerprint density at radius 3 is 2.06 bits per heavy atom. The number of likely N-dealkylation sites (tertiary alicyclic amines) is 1. The second-order valence-electron chi connectivity index (χ2n) is 8.37. The molecule has 1 amide bonds. The van der Waals surface area contributed by atoms with Crippen molar-refractivity contribution in [3.8, 4) is 0 Å².